The summed E-state index contributed by atoms with van der Waals surface area (Å²) in [5.41, 5.74) is 6.08. The van der Waals surface area contributed by atoms with E-state index in [9.17, 15) is 4.79 Å². The van der Waals surface area contributed by atoms with Gasteiger partial charge >= 0.3 is 0 Å². The molecule has 2 aliphatic heterocycles. The monoisotopic (exact) mass is 440 g/mol. The van der Waals surface area contributed by atoms with Crippen molar-refractivity contribution >= 4 is 17.3 Å². The summed E-state index contributed by atoms with van der Waals surface area (Å²) in [6, 6.07) is 21.2. The molecule has 170 valence electrons. The summed E-state index contributed by atoms with van der Waals surface area (Å²) in [4.78, 5) is 24.4. The quantitative estimate of drug-likeness (QED) is 0.579. The molecule has 0 unspecified atom stereocenters. The van der Waals surface area contributed by atoms with Gasteiger partial charge in [-0.15, -0.1) is 0 Å². The SMILES string of the molecule is Cc1ccc(CN2CC(=O)N(CC3CCN(c4ccncc4)CC3)c3ccccc3C2)cc1. The lowest BCUT2D eigenvalue weighted by Crippen LogP contribution is -2.43. The van der Waals surface area contributed by atoms with Crippen molar-refractivity contribution in [2.24, 2.45) is 5.92 Å². The molecule has 0 spiro atoms. The molecule has 33 heavy (non-hydrogen) atoms. The summed E-state index contributed by atoms with van der Waals surface area (Å²) < 4.78 is 0. The minimum Gasteiger partial charge on any atom is -0.371 e. The van der Waals surface area contributed by atoms with Crippen molar-refractivity contribution in [1.82, 2.24) is 9.88 Å². The second-order valence-corrected chi connectivity index (χ2v) is 9.40. The lowest BCUT2D eigenvalue weighted by molar-refractivity contribution is -0.119. The minimum atomic E-state index is 0.212. The summed E-state index contributed by atoms with van der Waals surface area (Å²) in [5.74, 6) is 0.729. The van der Waals surface area contributed by atoms with Crippen LogP contribution in [0.1, 0.15) is 29.5 Å². The Kier molecular flexibility index (Phi) is 6.40. The van der Waals surface area contributed by atoms with Crippen LogP contribution in [0.4, 0.5) is 11.4 Å². The van der Waals surface area contributed by atoms with Crippen LogP contribution in [0, 0.1) is 12.8 Å². The molecule has 1 aromatic heterocycles. The first kappa shape index (κ1) is 21.7. The fourth-order valence-electron chi connectivity index (χ4n) is 5.07. The van der Waals surface area contributed by atoms with E-state index in [1.54, 1.807) is 0 Å². The third kappa shape index (κ3) is 5.09. The van der Waals surface area contributed by atoms with E-state index in [-0.39, 0.29) is 5.91 Å². The van der Waals surface area contributed by atoms with Crippen LogP contribution < -0.4 is 9.80 Å². The maximum atomic E-state index is 13.5. The Morgan fingerprint density at radius 1 is 0.909 bits per heavy atom. The zero-order valence-electron chi connectivity index (χ0n) is 19.4. The Bertz CT molecular complexity index is 1070. The van der Waals surface area contributed by atoms with Gasteiger partial charge in [-0.1, -0.05) is 48.0 Å². The summed E-state index contributed by atoms with van der Waals surface area (Å²) in [5, 5.41) is 0. The van der Waals surface area contributed by atoms with E-state index < -0.39 is 0 Å². The van der Waals surface area contributed by atoms with E-state index in [1.165, 1.54) is 22.4 Å². The van der Waals surface area contributed by atoms with Crippen LogP contribution in [-0.4, -0.2) is 42.0 Å². The molecule has 5 heteroatoms. The van der Waals surface area contributed by atoms with Crippen molar-refractivity contribution < 1.29 is 4.79 Å². The van der Waals surface area contributed by atoms with Gasteiger partial charge in [-0.2, -0.15) is 0 Å². The predicted octanol–water partition coefficient (Wildman–Crippen LogP) is 4.66. The van der Waals surface area contributed by atoms with E-state index in [4.69, 9.17) is 0 Å². The first-order valence-corrected chi connectivity index (χ1v) is 12.0. The third-order valence-electron chi connectivity index (χ3n) is 6.95. The standard InChI is InChI=1S/C28H32N4O/c1-22-6-8-23(9-7-22)18-30-20-25-4-2-3-5-27(25)32(28(33)21-30)19-24-12-16-31(17-13-24)26-10-14-29-15-11-26/h2-11,14-15,24H,12-13,16-21H2,1H3. The molecule has 1 saturated heterocycles. The van der Waals surface area contributed by atoms with Gasteiger partial charge in [0.2, 0.25) is 5.91 Å². The van der Waals surface area contributed by atoms with Gasteiger partial charge in [0.15, 0.2) is 0 Å². The highest BCUT2D eigenvalue weighted by molar-refractivity contribution is 5.96. The second kappa shape index (κ2) is 9.75. The Hall–Kier alpha value is -3.18. The second-order valence-electron chi connectivity index (χ2n) is 9.40. The number of hydrogen-bond acceptors (Lipinski definition) is 4. The van der Waals surface area contributed by atoms with Crippen molar-refractivity contribution in [2.45, 2.75) is 32.9 Å². The van der Waals surface area contributed by atoms with E-state index >= 15 is 0 Å². The number of benzene rings is 2. The van der Waals surface area contributed by atoms with Crippen LogP contribution >= 0.6 is 0 Å². The lowest BCUT2D eigenvalue weighted by Gasteiger charge is -2.36. The van der Waals surface area contributed by atoms with E-state index in [0.717, 1.165) is 51.3 Å². The smallest absolute Gasteiger partial charge is 0.241 e. The molecule has 0 bridgehead atoms. The Morgan fingerprint density at radius 2 is 1.64 bits per heavy atom. The Labute approximate surface area is 196 Å². The number of para-hydroxylation sites is 1. The topological polar surface area (TPSA) is 39.7 Å². The van der Waals surface area contributed by atoms with Crippen LogP contribution in [0.25, 0.3) is 0 Å². The summed E-state index contributed by atoms with van der Waals surface area (Å²) >= 11 is 0. The third-order valence-corrected chi connectivity index (χ3v) is 6.95. The summed E-state index contributed by atoms with van der Waals surface area (Å²) in [6.45, 7) is 7.01. The van der Waals surface area contributed by atoms with Gasteiger partial charge in [-0.25, -0.2) is 0 Å². The molecule has 0 N–H and O–H groups in total. The van der Waals surface area contributed by atoms with Crippen LogP contribution in [0.5, 0.6) is 0 Å². The molecule has 1 fully saturated rings. The Morgan fingerprint density at radius 3 is 2.39 bits per heavy atom. The van der Waals surface area contributed by atoms with Gasteiger partial charge in [0.25, 0.3) is 0 Å². The Balaban J connectivity index is 1.28. The molecule has 3 heterocycles. The number of hydrogen-bond donors (Lipinski definition) is 0. The van der Waals surface area contributed by atoms with Gasteiger partial charge < -0.3 is 9.80 Å². The van der Waals surface area contributed by atoms with Gasteiger partial charge in [-0.3, -0.25) is 14.7 Å². The molecule has 0 atom stereocenters. The molecular formula is C28H32N4O. The van der Waals surface area contributed by atoms with Gasteiger partial charge in [0.1, 0.15) is 0 Å². The van der Waals surface area contributed by atoms with Crippen LogP contribution in [-0.2, 0) is 17.9 Å². The molecule has 2 aliphatic rings. The number of fused-ring (bicyclic) bond motifs is 1. The minimum absolute atomic E-state index is 0.212. The van der Waals surface area contributed by atoms with Crippen LogP contribution in [0.2, 0.25) is 0 Å². The predicted molar refractivity (Wildman–Crippen MR) is 133 cm³/mol. The highest BCUT2D eigenvalue weighted by atomic mass is 16.2. The lowest BCUT2D eigenvalue weighted by atomic mass is 9.95. The van der Waals surface area contributed by atoms with Crippen molar-refractivity contribution in [3.63, 3.8) is 0 Å². The van der Waals surface area contributed by atoms with Gasteiger partial charge in [0, 0.05) is 56.5 Å². The number of carbonyl (C=O) groups excluding carboxylic acids is 1. The first-order valence-electron chi connectivity index (χ1n) is 12.0. The molecule has 5 rings (SSSR count). The molecular weight excluding hydrogens is 408 g/mol. The van der Waals surface area contributed by atoms with E-state index in [1.807, 2.05) is 12.4 Å². The molecule has 0 aliphatic carbocycles. The number of anilines is 2. The van der Waals surface area contributed by atoms with Crippen molar-refractivity contribution in [3.8, 4) is 0 Å². The zero-order chi connectivity index (χ0) is 22.6. The molecule has 5 nitrogen and oxygen atoms in total. The molecule has 2 aromatic carbocycles. The van der Waals surface area contributed by atoms with E-state index in [0.29, 0.717) is 12.5 Å². The van der Waals surface area contributed by atoms with Crippen molar-refractivity contribution in [3.05, 3.63) is 89.7 Å². The fourth-order valence-corrected chi connectivity index (χ4v) is 5.07. The molecule has 3 aromatic rings. The van der Waals surface area contributed by atoms with Crippen LogP contribution in [0.3, 0.4) is 0 Å². The number of aromatic nitrogens is 1. The maximum Gasteiger partial charge on any atom is 0.241 e. The normalized spacial score (nSPS) is 17.7. The maximum absolute atomic E-state index is 13.5. The first-order chi connectivity index (χ1) is 16.2. The van der Waals surface area contributed by atoms with Gasteiger partial charge in [-0.05, 0) is 55.0 Å². The van der Waals surface area contributed by atoms with E-state index in [2.05, 4.69) is 87.3 Å². The highest BCUT2D eigenvalue weighted by Gasteiger charge is 2.29. The number of piperidine rings is 1. The highest BCUT2D eigenvalue weighted by Crippen LogP contribution is 2.30. The number of carbonyl (C=O) groups is 1. The van der Waals surface area contributed by atoms with Crippen LogP contribution in [0.15, 0.2) is 73.1 Å². The van der Waals surface area contributed by atoms with Crippen molar-refractivity contribution in [2.75, 3.05) is 36.0 Å². The number of aryl methyl sites for hydroxylation is 1. The zero-order valence-corrected chi connectivity index (χ0v) is 19.4. The van der Waals surface area contributed by atoms with Gasteiger partial charge in [0.05, 0.1) is 6.54 Å². The molecule has 0 radical (unpaired) electrons. The largest absolute Gasteiger partial charge is 0.371 e. The average Bonchev–Trinajstić information content (AvgIpc) is 2.97. The molecule has 0 saturated carbocycles. The number of amides is 1. The number of pyridine rings is 1. The average molecular weight is 441 g/mol. The number of nitrogens with zero attached hydrogens (tertiary/aromatic N) is 4. The fraction of sp³-hybridized carbons (Fsp3) is 0.357. The molecule has 1 amide bonds. The summed E-state index contributed by atoms with van der Waals surface area (Å²) in [7, 11) is 0. The summed E-state index contributed by atoms with van der Waals surface area (Å²) in [6.07, 6.45) is 5.91. The number of rotatable bonds is 5. The van der Waals surface area contributed by atoms with Crippen molar-refractivity contribution in [1.29, 1.82) is 0 Å².